The SMILES string of the molecule is CN1CCC(NC(=O)NC[C@H](O)C(=O)O)C1=O. The number of likely N-dealkylation sites (tertiary alicyclic amines) is 1. The average molecular weight is 245 g/mol. The number of carbonyl (C=O) groups excluding carboxylic acids is 2. The molecule has 17 heavy (non-hydrogen) atoms. The summed E-state index contributed by atoms with van der Waals surface area (Å²) in [6.45, 7) is 0.166. The van der Waals surface area contributed by atoms with Gasteiger partial charge in [-0.2, -0.15) is 0 Å². The van der Waals surface area contributed by atoms with Gasteiger partial charge in [0.15, 0.2) is 6.10 Å². The Hall–Kier alpha value is -1.83. The fourth-order valence-electron chi connectivity index (χ4n) is 1.44. The Morgan fingerprint density at radius 2 is 2.24 bits per heavy atom. The number of amides is 3. The van der Waals surface area contributed by atoms with Crippen molar-refractivity contribution in [2.75, 3.05) is 20.1 Å². The van der Waals surface area contributed by atoms with Crippen LogP contribution in [0.25, 0.3) is 0 Å². The van der Waals surface area contributed by atoms with Crippen LogP contribution in [0, 0.1) is 0 Å². The van der Waals surface area contributed by atoms with Crippen LogP contribution in [0.1, 0.15) is 6.42 Å². The number of aliphatic carboxylic acids is 1. The third-order valence-corrected chi connectivity index (χ3v) is 2.47. The third kappa shape index (κ3) is 3.59. The van der Waals surface area contributed by atoms with Crippen molar-refractivity contribution >= 4 is 17.9 Å². The Bertz CT molecular complexity index is 333. The Balaban J connectivity index is 2.31. The molecule has 96 valence electrons. The van der Waals surface area contributed by atoms with E-state index in [-0.39, 0.29) is 5.91 Å². The molecule has 0 aromatic heterocycles. The predicted molar refractivity (Wildman–Crippen MR) is 56.2 cm³/mol. The number of nitrogens with zero attached hydrogens (tertiary/aromatic N) is 1. The zero-order valence-corrected chi connectivity index (χ0v) is 9.34. The number of hydrogen-bond donors (Lipinski definition) is 4. The second-order valence-corrected chi connectivity index (χ2v) is 3.81. The monoisotopic (exact) mass is 245 g/mol. The molecule has 1 saturated heterocycles. The summed E-state index contributed by atoms with van der Waals surface area (Å²) >= 11 is 0. The summed E-state index contributed by atoms with van der Waals surface area (Å²) in [7, 11) is 1.64. The molecule has 3 amide bonds. The van der Waals surface area contributed by atoms with Gasteiger partial charge < -0.3 is 25.7 Å². The average Bonchev–Trinajstić information content (AvgIpc) is 2.57. The first kappa shape index (κ1) is 13.2. The molecule has 0 bridgehead atoms. The van der Waals surface area contributed by atoms with Crippen LogP contribution in [-0.4, -0.2) is 65.3 Å². The number of aliphatic hydroxyl groups excluding tert-OH is 1. The van der Waals surface area contributed by atoms with Crippen molar-refractivity contribution < 1.29 is 24.6 Å². The van der Waals surface area contributed by atoms with E-state index in [0.29, 0.717) is 13.0 Å². The number of carboxylic acids is 1. The Morgan fingerprint density at radius 1 is 1.59 bits per heavy atom. The predicted octanol–water partition coefficient (Wildman–Crippen LogP) is -2.04. The van der Waals surface area contributed by atoms with E-state index in [4.69, 9.17) is 10.2 Å². The van der Waals surface area contributed by atoms with Gasteiger partial charge in [-0.3, -0.25) is 4.79 Å². The summed E-state index contributed by atoms with van der Waals surface area (Å²) in [6, 6.07) is -1.25. The quantitative estimate of drug-likeness (QED) is 0.455. The standard InChI is InChI=1S/C9H15N3O5/c1-12-3-2-5(7(12)14)11-9(17)10-4-6(13)8(15)16/h5-6,13H,2-4H2,1H3,(H,15,16)(H2,10,11,17)/t5?,6-/m0/s1. The van der Waals surface area contributed by atoms with Gasteiger partial charge in [0.05, 0.1) is 6.54 Å². The van der Waals surface area contributed by atoms with Crippen LogP contribution in [0.5, 0.6) is 0 Å². The second kappa shape index (κ2) is 5.48. The number of rotatable bonds is 4. The molecule has 1 heterocycles. The zero-order chi connectivity index (χ0) is 13.0. The maximum atomic E-state index is 11.4. The van der Waals surface area contributed by atoms with E-state index in [2.05, 4.69) is 10.6 Å². The van der Waals surface area contributed by atoms with Crippen LogP contribution >= 0.6 is 0 Å². The maximum Gasteiger partial charge on any atom is 0.334 e. The molecule has 0 aromatic carbocycles. The first-order chi connectivity index (χ1) is 7.91. The van der Waals surface area contributed by atoms with Gasteiger partial charge in [0.2, 0.25) is 5.91 Å². The van der Waals surface area contributed by atoms with Crippen LogP contribution in [0.3, 0.4) is 0 Å². The molecule has 0 spiro atoms. The summed E-state index contributed by atoms with van der Waals surface area (Å²) in [5.41, 5.74) is 0. The fourth-order valence-corrected chi connectivity index (χ4v) is 1.44. The molecule has 8 heteroatoms. The molecule has 0 aliphatic carbocycles. The highest BCUT2D eigenvalue weighted by atomic mass is 16.4. The summed E-state index contributed by atoms with van der Waals surface area (Å²) < 4.78 is 0. The van der Waals surface area contributed by atoms with E-state index < -0.39 is 30.7 Å². The highest BCUT2D eigenvalue weighted by molar-refractivity contribution is 5.88. The number of aliphatic hydroxyl groups is 1. The minimum absolute atomic E-state index is 0.182. The van der Waals surface area contributed by atoms with Gasteiger partial charge >= 0.3 is 12.0 Å². The second-order valence-electron chi connectivity index (χ2n) is 3.81. The van der Waals surface area contributed by atoms with Crippen molar-refractivity contribution in [2.45, 2.75) is 18.6 Å². The van der Waals surface area contributed by atoms with E-state index in [1.807, 2.05) is 0 Å². The van der Waals surface area contributed by atoms with Crippen LogP contribution in [0.15, 0.2) is 0 Å². The molecule has 1 aliphatic rings. The van der Waals surface area contributed by atoms with Gasteiger partial charge in [0.25, 0.3) is 0 Å². The summed E-state index contributed by atoms with van der Waals surface area (Å²) in [5.74, 6) is -1.60. The number of nitrogens with one attached hydrogen (secondary N) is 2. The molecule has 1 fully saturated rings. The lowest BCUT2D eigenvalue weighted by Crippen LogP contribution is -2.48. The van der Waals surface area contributed by atoms with E-state index in [9.17, 15) is 14.4 Å². The number of hydrogen-bond acceptors (Lipinski definition) is 4. The Labute approximate surface area is 97.6 Å². The molecule has 1 rings (SSSR count). The first-order valence-electron chi connectivity index (χ1n) is 5.12. The molecule has 1 unspecified atom stereocenters. The van der Waals surface area contributed by atoms with E-state index in [1.165, 1.54) is 4.90 Å². The highest BCUT2D eigenvalue weighted by Crippen LogP contribution is 2.07. The normalized spacial score (nSPS) is 21.2. The molecular weight excluding hydrogens is 230 g/mol. The van der Waals surface area contributed by atoms with Crippen molar-refractivity contribution in [3.63, 3.8) is 0 Å². The van der Waals surface area contributed by atoms with E-state index in [1.54, 1.807) is 7.05 Å². The van der Waals surface area contributed by atoms with Gasteiger partial charge in [0.1, 0.15) is 6.04 Å². The Morgan fingerprint density at radius 3 is 2.71 bits per heavy atom. The summed E-state index contributed by atoms with van der Waals surface area (Å²) in [6.07, 6.45) is -1.13. The molecule has 2 atom stereocenters. The lowest BCUT2D eigenvalue weighted by molar-refractivity contribution is -0.146. The first-order valence-corrected chi connectivity index (χ1v) is 5.12. The minimum atomic E-state index is -1.65. The van der Waals surface area contributed by atoms with Crippen LogP contribution in [-0.2, 0) is 9.59 Å². The van der Waals surface area contributed by atoms with E-state index in [0.717, 1.165) is 0 Å². The smallest absolute Gasteiger partial charge is 0.334 e. The third-order valence-electron chi connectivity index (χ3n) is 2.47. The van der Waals surface area contributed by atoms with Gasteiger partial charge in [0, 0.05) is 13.6 Å². The maximum absolute atomic E-state index is 11.4. The molecule has 0 saturated carbocycles. The van der Waals surface area contributed by atoms with E-state index >= 15 is 0 Å². The zero-order valence-electron chi connectivity index (χ0n) is 9.34. The molecule has 0 aromatic rings. The fraction of sp³-hybridized carbons (Fsp3) is 0.667. The molecule has 0 radical (unpaired) electrons. The summed E-state index contributed by atoms with van der Waals surface area (Å²) in [5, 5.41) is 21.9. The van der Waals surface area contributed by atoms with Gasteiger partial charge in [-0.1, -0.05) is 0 Å². The molecule has 8 nitrogen and oxygen atoms in total. The molecule has 1 aliphatic heterocycles. The largest absolute Gasteiger partial charge is 0.479 e. The van der Waals surface area contributed by atoms with Gasteiger partial charge in [-0.05, 0) is 6.42 Å². The molecule has 4 N–H and O–H groups in total. The van der Waals surface area contributed by atoms with Crippen molar-refractivity contribution in [3.05, 3.63) is 0 Å². The highest BCUT2D eigenvalue weighted by Gasteiger charge is 2.30. The van der Waals surface area contributed by atoms with Crippen molar-refractivity contribution in [1.82, 2.24) is 15.5 Å². The lowest BCUT2D eigenvalue weighted by Gasteiger charge is -2.13. The van der Waals surface area contributed by atoms with Crippen molar-refractivity contribution in [1.29, 1.82) is 0 Å². The van der Waals surface area contributed by atoms with Crippen molar-refractivity contribution in [2.24, 2.45) is 0 Å². The van der Waals surface area contributed by atoms with Crippen molar-refractivity contribution in [3.8, 4) is 0 Å². The number of urea groups is 1. The number of likely N-dealkylation sites (N-methyl/N-ethyl adjacent to an activating group) is 1. The number of carbonyl (C=O) groups is 3. The summed E-state index contributed by atoms with van der Waals surface area (Å²) in [4.78, 5) is 34.5. The Kier molecular flexibility index (Phi) is 4.27. The minimum Gasteiger partial charge on any atom is -0.479 e. The topological polar surface area (TPSA) is 119 Å². The van der Waals surface area contributed by atoms with Crippen LogP contribution < -0.4 is 10.6 Å². The number of carboxylic acid groups (broad SMARTS) is 1. The van der Waals surface area contributed by atoms with Gasteiger partial charge in [-0.25, -0.2) is 9.59 Å². The molecular formula is C9H15N3O5. The lowest BCUT2D eigenvalue weighted by atomic mass is 10.2. The van der Waals surface area contributed by atoms with Gasteiger partial charge in [-0.15, -0.1) is 0 Å². The van der Waals surface area contributed by atoms with Crippen LogP contribution in [0.4, 0.5) is 4.79 Å². The van der Waals surface area contributed by atoms with Crippen LogP contribution in [0.2, 0.25) is 0 Å².